The van der Waals surface area contributed by atoms with Gasteiger partial charge in [-0.1, -0.05) is 0 Å². The Kier molecular flexibility index (Phi) is 3.14. The molecule has 2 rings (SSSR count). The zero-order chi connectivity index (χ0) is 9.26. The van der Waals surface area contributed by atoms with Crippen molar-refractivity contribution in [2.75, 3.05) is 18.0 Å². The van der Waals surface area contributed by atoms with Gasteiger partial charge < -0.3 is 4.90 Å². The SMILES string of the molecule is Brc1cc(I)ccc1N1CCCC1. The smallest absolute Gasteiger partial charge is 0.0511 e. The zero-order valence-corrected chi connectivity index (χ0v) is 11.0. The van der Waals surface area contributed by atoms with E-state index in [0.29, 0.717) is 0 Å². The van der Waals surface area contributed by atoms with Crippen molar-refractivity contribution in [3.63, 3.8) is 0 Å². The maximum Gasteiger partial charge on any atom is 0.0511 e. The quantitative estimate of drug-likeness (QED) is 0.698. The Hall–Kier alpha value is 0.230. The molecule has 13 heavy (non-hydrogen) atoms. The van der Waals surface area contributed by atoms with E-state index in [1.165, 1.54) is 39.7 Å². The first-order valence-electron chi connectivity index (χ1n) is 4.47. The van der Waals surface area contributed by atoms with Crippen LogP contribution in [0.4, 0.5) is 5.69 Å². The van der Waals surface area contributed by atoms with Crippen LogP contribution in [0.1, 0.15) is 12.8 Å². The summed E-state index contributed by atoms with van der Waals surface area (Å²) < 4.78 is 2.51. The molecule has 3 heteroatoms. The van der Waals surface area contributed by atoms with Gasteiger partial charge in [0.2, 0.25) is 0 Å². The van der Waals surface area contributed by atoms with Gasteiger partial charge in [-0.25, -0.2) is 0 Å². The lowest BCUT2D eigenvalue weighted by Gasteiger charge is -2.19. The van der Waals surface area contributed by atoms with Crippen LogP contribution < -0.4 is 4.90 Å². The molecule has 0 amide bonds. The van der Waals surface area contributed by atoms with E-state index in [4.69, 9.17) is 0 Å². The highest BCUT2D eigenvalue weighted by atomic mass is 127. The van der Waals surface area contributed by atoms with Crippen LogP contribution in [-0.2, 0) is 0 Å². The minimum atomic E-state index is 1.21. The molecule has 0 aromatic heterocycles. The molecule has 1 heterocycles. The minimum Gasteiger partial charge on any atom is -0.371 e. The highest BCUT2D eigenvalue weighted by Gasteiger charge is 2.14. The predicted octanol–water partition coefficient (Wildman–Crippen LogP) is 3.65. The molecule has 1 aromatic carbocycles. The maximum absolute atomic E-state index is 3.61. The summed E-state index contributed by atoms with van der Waals surface area (Å²) in [4.78, 5) is 2.44. The Balaban J connectivity index is 2.29. The molecule has 0 unspecified atom stereocenters. The zero-order valence-electron chi connectivity index (χ0n) is 7.26. The van der Waals surface area contributed by atoms with Gasteiger partial charge in [-0.3, -0.25) is 0 Å². The molecule has 1 saturated heterocycles. The largest absolute Gasteiger partial charge is 0.371 e. The first-order valence-corrected chi connectivity index (χ1v) is 6.34. The molecule has 1 fully saturated rings. The summed E-state index contributed by atoms with van der Waals surface area (Å²) in [6.07, 6.45) is 2.66. The van der Waals surface area contributed by atoms with Gasteiger partial charge in [0.25, 0.3) is 0 Å². The molecule has 0 aliphatic carbocycles. The Morgan fingerprint density at radius 1 is 1.23 bits per heavy atom. The van der Waals surface area contributed by atoms with Crippen molar-refractivity contribution < 1.29 is 0 Å². The second-order valence-corrected chi connectivity index (χ2v) is 5.39. The summed E-state index contributed by atoms with van der Waals surface area (Å²) in [5.74, 6) is 0. The van der Waals surface area contributed by atoms with Gasteiger partial charge in [-0.05, 0) is 69.6 Å². The average molecular weight is 352 g/mol. The third kappa shape index (κ3) is 2.18. The van der Waals surface area contributed by atoms with Crippen molar-refractivity contribution in [1.82, 2.24) is 0 Å². The van der Waals surface area contributed by atoms with E-state index in [1.54, 1.807) is 0 Å². The van der Waals surface area contributed by atoms with Crippen LogP contribution in [0, 0.1) is 3.57 Å². The van der Waals surface area contributed by atoms with Gasteiger partial charge in [0, 0.05) is 21.1 Å². The minimum absolute atomic E-state index is 1.21. The number of anilines is 1. The molecule has 1 aliphatic heterocycles. The van der Waals surface area contributed by atoms with Gasteiger partial charge in [0.1, 0.15) is 0 Å². The highest BCUT2D eigenvalue weighted by molar-refractivity contribution is 14.1. The molecule has 0 spiro atoms. The number of halogens is 2. The van der Waals surface area contributed by atoms with Crippen molar-refractivity contribution >= 4 is 44.2 Å². The number of hydrogen-bond donors (Lipinski definition) is 0. The third-order valence-corrected chi connectivity index (χ3v) is 3.66. The monoisotopic (exact) mass is 351 g/mol. The molecule has 1 aliphatic rings. The second kappa shape index (κ2) is 4.17. The van der Waals surface area contributed by atoms with E-state index in [0.717, 1.165) is 0 Å². The Morgan fingerprint density at radius 3 is 2.54 bits per heavy atom. The normalized spacial score (nSPS) is 16.6. The molecular formula is C10H11BrIN. The fraction of sp³-hybridized carbons (Fsp3) is 0.400. The Bertz CT molecular complexity index is 308. The molecule has 0 bridgehead atoms. The van der Waals surface area contributed by atoms with Crippen molar-refractivity contribution in [2.45, 2.75) is 12.8 Å². The summed E-state index contributed by atoms with van der Waals surface area (Å²) in [5, 5.41) is 0. The van der Waals surface area contributed by atoms with E-state index in [1.807, 2.05) is 0 Å². The van der Waals surface area contributed by atoms with Crippen molar-refractivity contribution in [3.8, 4) is 0 Å². The first kappa shape index (κ1) is 9.77. The highest BCUT2D eigenvalue weighted by Crippen LogP contribution is 2.30. The number of rotatable bonds is 1. The van der Waals surface area contributed by atoms with E-state index >= 15 is 0 Å². The standard InChI is InChI=1S/C10H11BrIN/c11-9-7-8(12)3-4-10(9)13-5-1-2-6-13/h3-4,7H,1-2,5-6H2. The van der Waals surface area contributed by atoms with Gasteiger partial charge in [0.15, 0.2) is 0 Å². The fourth-order valence-corrected chi connectivity index (χ4v) is 3.24. The van der Waals surface area contributed by atoms with Crippen LogP contribution in [0.5, 0.6) is 0 Å². The van der Waals surface area contributed by atoms with Crippen LogP contribution in [0.3, 0.4) is 0 Å². The fourth-order valence-electron chi connectivity index (χ4n) is 1.70. The summed E-state index contributed by atoms with van der Waals surface area (Å²) in [6, 6.07) is 6.55. The van der Waals surface area contributed by atoms with E-state index in [9.17, 15) is 0 Å². The number of hydrogen-bond acceptors (Lipinski definition) is 1. The molecule has 0 saturated carbocycles. The molecule has 1 nitrogen and oxygen atoms in total. The van der Waals surface area contributed by atoms with Gasteiger partial charge >= 0.3 is 0 Å². The van der Waals surface area contributed by atoms with E-state index in [-0.39, 0.29) is 0 Å². The van der Waals surface area contributed by atoms with Crippen molar-refractivity contribution in [2.24, 2.45) is 0 Å². The number of benzene rings is 1. The van der Waals surface area contributed by atoms with Crippen molar-refractivity contribution in [3.05, 3.63) is 26.2 Å². The van der Waals surface area contributed by atoms with Crippen LogP contribution in [0.25, 0.3) is 0 Å². The van der Waals surface area contributed by atoms with Gasteiger partial charge in [-0.2, -0.15) is 0 Å². The number of nitrogens with zero attached hydrogens (tertiary/aromatic N) is 1. The molecule has 1 aromatic rings. The third-order valence-electron chi connectivity index (χ3n) is 2.36. The molecule has 0 atom stereocenters. The summed E-state index contributed by atoms with van der Waals surface area (Å²) in [6.45, 7) is 2.42. The van der Waals surface area contributed by atoms with Gasteiger partial charge in [-0.15, -0.1) is 0 Å². The molecule has 70 valence electrons. The first-order chi connectivity index (χ1) is 6.27. The van der Waals surface area contributed by atoms with Crippen molar-refractivity contribution in [1.29, 1.82) is 0 Å². The lowest BCUT2D eigenvalue weighted by Crippen LogP contribution is -2.17. The topological polar surface area (TPSA) is 3.24 Å². The van der Waals surface area contributed by atoms with Crippen LogP contribution in [0.15, 0.2) is 22.7 Å². The lowest BCUT2D eigenvalue weighted by molar-refractivity contribution is 0.949. The van der Waals surface area contributed by atoms with Crippen LogP contribution >= 0.6 is 38.5 Å². The molecule has 0 radical (unpaired) electrons. The Labute approximate surface area is 101 Å². The predicted molar refractivity (Wildman–Crippen MR) is 68.3 cm³/mol. The lowest BCUT2D eigenvalue weighted by atomic mass is 10.3. The van der Waals surface area contributed by atoms with E-state index < -0.39 is 0 Å². The maximum atomic E-state index is 3.61. The van der Waals surface area contributed by atoms with Gasteiger partial charge in [0.05, 0.1) is 5.69 Å². The second-order valence-electron chi connectivity index (χ2n) is 3.29. The summed E-state index contributed by atoms with van der Waals surface area (Å²) in [5.41, 5.74) is 1.35. The summed E-state index contributed by atoms with van der Waals surface area (Å²) in [7, 11) is 0. The molecular weight excluding hydrogens is 341 g/mol. The molecule has 0 N–H and O–H groups in total. The Morgan fingerprint density at radius 2 is 1.92 bits per heavy atom. The summed E-state index contributed by atoms with van der Waals surface area (Å²) >= 11 is 5.95. The average Bonchev–Trinajstić information content (AvgIpc) is 2.56. The van der Waals surface area contributed by atoms with Crippen LogP contribution in [-0.4, -0.2) is 13.1 Å². The van der Waals surface area contributed by atoms with E-state index in [2.05, 4.69) is 61.6 Å². The van der Waals surface area contributed by atoms with Crippen LogP contribution in [0.2, 0.25) is 0 Å².